The fraction of sp³-hybridized carbons (Fsp3) is 0.333. The Kier molecular flexibility index (Phi) is 8.78. The molecule has 2 aromatic rings. The SMILES string of the molecule is CCNC(=NCc1cccc(OC)c1)NCCNC(=O)Cc1cccc(F)c1. The van der Waals surface area contributed by atoms with E-state index in [9.17, 15) is 9.18 Å². The minimum absolute atomic E-state index is 0.147. The van der Waals surface area contributed by atoms with Crippen molar-refractivity contribution in [1.29, 1.82) is 0 Å². The Balaban J connectivity index is 1.76. The predicted octanol–water partition coefficient (Wildman–Crippen LogP) is 2.25. The Morgan fingerprint density at radius 3 is 2.54 bits per heavy atom. The number of hydrogen-bond donors (Lipinski definition) is 3. The number of amides is 1. The number of nitrogens with one attached hydrogen (secondary N) is 3. The van der Waals surface area contributed by atoms with Crippen molar-refractivity contribution in [2.24, 2.45) is 4.99 Å². The summed E-state index contributed by atoms with van der Waals surface area (Å²) in [6.45, 7) is 4.20. The van der Waals surface area contributed by atoms with Crippen LogP contribution in [-0.4, -0.2) is 38.6 Å². The van der Waals surface area contributed by atoms with E-state index in [2.05, 4.69) is 20.9 Å². The van der Waals surface area contributed by atoms with E-state index in [1.807, 2.05) is 31.2 Å². The smallest absolute Gasteiger partial charge is 0.224 e. The summed E-state index contributed by atoms with van der Waals surface area (Å²) in [4.78, 5) is 16.5. The number of carbonyl (C=O) groups is 1. The quantitative estimate of drug-likeness (QED) is 0.351. The zero-order valence-electron chi connectivity index (χ0n) is 16.3. The molecule has 0 heterocycles. The number of carbonyl (C=O) groups excluding carboxylic acids is 1. The third-order valence-electron chi connectivity index (χ3n) is 3.89. The van der Waals surface area contributed by atoms with Crippen molar-refractivity contribution in [1.82, 2.24) is 16.0 Å². The minimum atomic E-state index is -0.338. The van der Waals surface area contributed by atoms with Gasteiger partial charge in [-0.3, -0.25) is 4.79 Å². The molecule has 0 atom stereocenters. The maximum absolute atomic E-state index is 13.2. The third kappa shape index (κ3) is 7.65. The Bertz CT molecular complexity index is 795. The summed E-state index contributed by atoms with van der Waals surface area (Å²) in [5.74, 6) is 0.983. The fourth-order valence-electron chi connectivity index (χ4n) is 2.56. The van der Waals surface area contributed by atoms with Crippen LogP contribution in [0.5, 0.6) is 5.75 Å². The van der Waals surface area contributed by atoms with Crippen LogP contribution in [0.15, 0.2) is 53.5 Å². The van der Waals surface area contributed by atoms with E-state index < -0.39 is 0 Å². The zero-order chi connectivity index (χ0) is 20.2. The fourth-order valence-corrected chi connectivity index (χ4v) is 2.56. The Labute approximate surface area is 165 Å². The van der Waals surface area contributed by atoms with Gasteiger partial charge in [0.25, 0.3) is 0 Å². The summed E-state index contributed by atoms with van der Waals surface area (Å²) in [6.07, 6.45) is 0.155. The summed E-state index contributed by atoms with van der Waals surface area (Å²) < 4.78 is 18.4. The van der Waals surface area contributed by atoms with Gasteiger partial charge >= 0.3 is 0 Å². The van der Waals surface area contributed by atoms with E-state index in [0.717, 1.165) is 17.9 Å². The van der Waals surface area contributed by atoms with Gasteiger partial charge in [0.15, 0.2) is 5.96 Å². The van der Waals surface area contributed by atoms with E-state index in [1.165, 1.54) is 12.1 Å². The van der Waals surface area contributed by atoms with Gasteiger partial charge in [-0.05, 0) is 42.3 Å². The first-order chi connectivity index (χ1) is 13.6. The topological polar surface area (TPSA) is 74.8 Å². The molecule has 0 aliphatic rings. The predicted molar refractivity (Wildman–Crippen MR) is 109 cm³/mol. The van der Waals surface area contributed by atoms with Crippen molar-refractivity contribution in [3.8, 4) is 5.75 Å². The van der Waals surface area contributed by atoms with Gasteiger partial charge in [-0.2, -0.15) is 0 Å². The van der Waals surface area contributed by atoms with Crippen molar-refractivity contribution in [3.05, 3.63) is 65.5 Å². The molecule has 0 saturated heterocycles. The van der Waals surface area contributed by atoms with Gasteiger partial charge in [-0.15, -0.1) is 0 Å². The van der Waals surface area contributed by atoms with Crippen molar-refractivity contribution >= 4 is 11.9 Å². The largest absolute Gasteiger partial charge is 0.497 e. The number of rotatable bonds is 9. The normalized spacial score (nSPS) is 11.0. The average Bonchev–Trinajstić information content (AvgIpc) is 2.69. The molecule has 0 fully saturated rings. The molecule has 0 unspecified atom stereocenters. The Hall–Kier alpha value is -3.09. The number of guanidine groups is 1. The summed E-state index contributed by atoms with van der Waals surface area (Å²) in [6, 6.07) is 13.8. The van der Waals surface area contributed by atoms with E-state index in [0.29, 0.717) is 31.2 Å². The number of aliphatic imine (C=N–C) groups is 1. The highest BCUT2D eigenvalue weighted by atomic mass is 19.1. The number of nitrogens with zero attached hydrogens (tertiary/aromatic N) is 1. The summed E-state index contributed by atoms with van der Waals surface area (Å²) >= 11 is 0. The highest BCUT2D eigenvalue weighted by Crippen LogP contribution is 2.13. The number of ether oxygens (including phenoxy) is 1. The van der Waals surface area contributed by atoms with Gasteiger partial charge in [0.05, 0.1) is 20.1 Å². The number of benzene rings is 2. The molecule has 3 N–H and O–H groups in total. The first-order valence-electron chi connectivity index (χ1n) is 9.27. The maximum atomic E-state index is 13.2. The number of hydrogen-bond acceptors (Lipinski definition) is 3. The molecule has 0 aromatic heterocycles. The van der Waals surface area contributed by atoms with Crippen LogP contribution in [0.3, 0.4) is 0 Å². The second-order valence-electron chi connectivity index (χ2n) is 6.13. The van der Waals surface area contributed by atoms with Crippen LogP contribution < -0.4 is 20.7 Å². The lowest BCUT2D eigenvalue weighted by atomic mass is 10.1. The standard InChI is InChI=1S/C21H27FN4O2/c1-3-23-21(26-15-17-7-5-9-19(13-17)28-2)25-11-10-24-20(27)14-16-6-4-8-18(22)12-16/h4-9,12-13H,3,10-11,14-15H2,1-2H3,(H,24,27)(H2,23,25,26). The molecule has 0 saturated carbocycles. The van der Waals surface area contributed by atoms with Gasteiger partial charge in [-0.25, -0.2) is 9.38 Å². The lowest BCUT2D eigenvalue weighted by molar-refractivity contribution is -0.120. The molecule has 2 aromatic carbocycles. The second kappa shape index (κ2) is 11.6. The molecule has 1 amide bonds. The summed E-state index contributed by atoms with van der Waals surface area (Å²) in [7, 11) is 1.64. The molecule has 0 spiro atoms. The van der Waals surface area contributed by atoms with Crippen LogP contribution in [0.4, 0.5) is 4.39 Å². The van der Waals surface area contributed by atoms with Crippen LogP contribution in [-0.2, 0) is 17.8 Å². The molecule has 28 heavy (non-hydrogen) atoms. The maximum Gasteiger partial charge on any atom is 0.224 e. The van der Waals surface area contributed by atoms with E-state index >= 15 is 0 Å². The van der Waals surface area contributed by atoms with Crippen LogP contribution in [0.1, 0.15) is 18.1 Å². The van der Waals surface area contributed by atoms with Crippen molar-refractivity contribution < 1.29 is 13.9 Å². The molecule has 7 heteroatoms. The monoisotopic (exact) mass is 386 g/mol. The van der Waals surface area contributed by atoms with Crippen LogP contribution in [0, 0.1) is 5.82 Å². The minimum Gasteiger partial charge on any atom is -0.497 e. The molecule has 0 bridgehead atoms. The molecule has 0 aliphatic carbocycles. The third-order valence-corrected chi connectivity index (χ3v) is 3.89. The van der Waals surface area contributed by atoms with Gasteiger partial charge in [0, 0.05) is 19.6 Å². The average molecular weight is 386 g/mol. The van der Waals surface area contributed by atoms with Crippen LogP contribution in [0.25, 0.3) is 0 Å². The van der Waals surface area contributed by atoms with E-state index in [1.54, 1.807) is 19.2 Å². The molecule has 0 radical (unpaired) electrons. The summed E-state index contributed by atoms with van der Waals surface area (Å²) in [5, 5.41) is 9.16. The Morgan fingerprint density at radius 1 is 1.04 bits per heavy atom. The first kappa shape index (κ1) is 21.2. The van der Waals surface area contributed by atoms with Gasteiger partial charge < -0.3 is 20.7 Å². The van der Waals surface area contributed by atoms with Gasteiger partial charge in [0.2, 0.25) is 5.91 Å². The van der Waals surface area contributed by atoms with Gasteiger partial charge in [0.1, 0.15) is 11.6 Å². The lowest BCUT2D eigenvalue weighted by Crippen LogP contribution is -2.41. The van der Waals surface area contributed by atoms with Crippen LogP contribution >= 0.6 is 0 Å². The molecular weight excluding hydrogens is 359 g/mol. The van der Waals surface area contributed by atoms with Crippen molar-refractivity contribution in [3.63, 3.8) is 0 Å². The molecule has 150 valence electrons. The first-order valence-corrected chi connectivity index (χ1v) is 9.27. The number of methoxy groups -OCH3 is 1. The molecule has 2 rings (SSSR count). The highest BCUT2D eigenvalue weighted by Gasteiger charge is 2.04. The Morgan fingerprint density at radius 2 is 1.79 bits per heavy atom. The zero-order valence-corrected chi connectivity index (χ0v) is 16.3. The molecule has 0 aliphatic heterocycles. The van der Waals surface area contributed by atoms with E-state index in [-0.39, 0.29) is 18.1 Å². The lowest BCUT2D eigenvalue weighted by Gasteiger charge is -2.12. The van der Waals surface area contributed by atoms with Crippen molar-refractivity contribution in [2.75, 3.05) is 26.7 Å². The number of halogens is 1. The van der Waals surface area contributed by atoms with Gasteiger partial charge in [-0.1, -0.05) is 24.3 Å². The second-order valence-corrected chi connectivity index (χ2v) is 6.13. The van der Waals surface area contributed by atoms with Crippen molar-refractivity contribution in [2.45, 2.75) is 19.9 Å². The molecule has 6 nitrogen and oxygen atoms in total. The summed E-state index contributed by atoms with van der Waals surface area (Å²) in [5.41, 5.74) is 1.69. The van der Waals surface area contributed by atoms with Crippen LogP contribution in [0.2, 0.25) is 0 Å². The molecular formula is C21H27FN4O2. The highest BCUT2D eigenvalue weighted by molar-refractivity contribution is 5.80. The van der Waals surface area contributed by atoms with E-state index in [4.69, 9.17) is 4.74 Å².